The molecule has 0 unspecified atom stereocenters. The first-order chi connectivity index (χ1) is 13.3. The third-order valence-corrected chi connectivity index (χ3v) is 7.15. The van der Waals surface area contributed by atoms with Crippen LogP contribution in [0.1, 0.15) is 41.3 Å². The van der Waals surface area contributed by atoms with Crippen molar-refractivity contribution in [3.05, 3.63) is 59.2 Å². The van der Waals surface area contributed by atoms with Crippen molar-refractivity contribution in [1.82, 2.24) is 5.32 Å². The van der Waals surface area contributed by atoms with Crippen LogP contribution in [0.4, 0.5) is 5.69 Å². The van der Waals surface area contributed by atoms with Crippen LogP contribution in [0, 0.1) is 13.8 Å². The Kier molecular flexibility index (Phi) is 6.08. The van der Waals surface area contributed by atoms with Crippen LogP contribution in [-0.2, 0) is 9.84 Å². The van der Waals surface area contributed by atoms with Gasteiger partial charge < -0.3 is 10.2 Å². The van der Waals surface area contributed by atoms with Gasteiger partial charge in [0, 0.05) is 30.4 Å². The van der Waals surface area contributed by atoms with Gasteiger partial charge in [0.05, 0.1) is 10.6 Å². The van der Waals surface area contributed by atoms with Crippen LogP contribution in [0.25, 0.3) is 0 Å². The van der Waals surface area contributed by atoms with Crippen LogP contribution >= 0.6 is 0 Å². The molecular weight excluding hydrogens is 372 g/mol. The lowest BCUT2D eigenvalue weighted by molar-refractivity contribution is 0.0930. The van der Waals surface area contributed by atoms with Crippen LogP contribution in [0.2, 0.25) is 0 Å². The smallest absolute Gasteiger partial charge is 0.251 e. The zero-order valence-corrected chi connectivity index (χ0v) is 17.6. The Morgan fingerprint density at radius 3 is 2.29 bits per heavy atom. The number of benzene rings is 2. The molecule has 3 rings (SSSR count). The van der Waals surface area contributed by atoms with Gasteiger partial charge in [-0.05, 0) is 62.6 Å². The summed E-state index contributed by atoms with van der Waals surface area (Å²) in [7, 11) is -3.17. The first-order valence-electron chi connectivity index (χ1n) is 9.76. The highest BCUT2D eigenvalue weighted by molar-refractivity contribution is 7.91. The molecule has 0 aromatic heterocycles. The average Bonchev–Trinajstić information content (AvgIpc) is 2.68. The van der Waals surface area contributed by atoms with E-state index in [2.05, 4.69) is 10.2 Å². The van der Waals surface area contributed by atoms with Crippen LogP contribution in [-0.4, -0.2) is 39.2 Å². The number of amides is 1. The van der Waals surface area contributed by atoms with E-state index >= 15 is 0 Å². The molecule has 1 aliphatic rings. The van der Waals surface area contributed by atoms with Crippen molar-refractivity contribution in [2.24, 2.45) is 0 Å². The Balaban J connectivity index is 1.58. The fourth-order valence-corrected chi connectivity index (χ4v) is 4.53. The fraction of sp³-hybridized carbons (Fsp3) is 0.409. The summed E-state index contributed by atoms with van der Waals surface area (Å²) in [4.78, 5) is 15.2. The molecule has 6 heteroatoms. The third-order valence-electron chi connectivity index (χ3n) is 5.40. The summed E-state index contributed by atoms with van der Waals surface area (Å²) < 4.78 is 23.9. The second-order valence-corrected chi connectivity index (χ2v) is 9.73. The lowest BCUT2D eigenvalue weighted by atomic mass is 10.0. The molecule has 0 aliphatic carbocycles. The standard InChI is InChI=1S/C22H28N2O3S/c1-4-28(26,27)20-8-6-19(7-9-20)24-13-11-18(12-14-24)23-22(25)21-10-5-16(2)15-17(21)3/h5-10,15,18H,4,11-14H2,1-3H3,(H,23,25). The van der Waals surface area contributed by atoms with Gasteiger partial charge in [-0.3, -0.25) is 4.79 Å². The summed E-state index contributed by atoms with van der Waals surface area (Å²) in [5.74, 6) is 0.0998. The number of piperidine rings is 1. The predicted octanol–water partition coefficient (Wildman–Crippen LogP) is 3.50. The summed E-state index contributed by atoms with van der Waals surface area (Å²) in [6.45, 7) is 7.30. The van der Waals surface area contributed by atoms with Gasteiger partial charge in [0.1, 0.15) is 0 Å². The van der Waals surface area contributed by atoms with Crippen molar-refractivity contribution < 1.29 is 13.2 Å². The number of hydrogen-bond donors (Lipinski definition) is 1. The number of rotatable bonds is 5. The van der Waals surface area contributed by atoms with Crippen molar-refractivity contribution >= 4 is 21.4 Å². The second-order valence-electron chi connectivity index (χ2n) is 7.45. The van der Waals surface area contributed by atoms with Crippen LogP contribution in [0.15, 0.2) is 47.4 Å². The van der Waals surface area contributed by atoms with E-state index in [0.29, 0.717) is 4.90 Å². The number of nitrogens with zero attached hydrogens (tertiary/aromatic N) is 1. The minimum atomic E-state index is -3.17. The van der Waals surface area contributed by atoms with Gasteiger partial charge >= 0.3 is 0 Å². The molecule has 0 saturated carbocycles. The molecule has 0 atom stereocenters. The lowest BCUT2D eigenvalue weighted by Gasteiger charge is -2.34. The van der Waals surface area contributed by atoms with E-state index in [4.69, 9.17) is 0 Å². The molecule has 150 valence electrons. The summed E-state index contributed by atoms with van der Waals surface area (Å²) in [6.07, 6.45) is 1.73. The van der Waals surface area contributed by atoms with E-state index in [1.807, 2.05) is 44.2 Å². The molecule has 1 amide bonds. The van der Waals surface area contributed by atoms with Crippen molar-refractivity contribution in [3.8, 4) is 0 Å². The van der Waals surface area contributed by atoms with E-state index in [1.165, 1.54) is 0 Å². The molecule has 1 N–H and O–H groups in total. The number of carbonyl (C=O) groups is 1. The van der Waals surface area contributed by atoms with Gasteiger partial charge in [-0.2, -0.15) is 0 Å². The van der Waals surface area contributed by atoms with Gasteiger partial charge in [-0.1, -0.05) is 24.6 Å². The van der Waals surface area contributed by atoms with Gasteiger partial charge in [0.25, 0.3) is 5.91 Å². The quantitative estimate of drug-likeness (QED) is 0.834. The van der Waals surface area contributed by atoms with E-state index in [9.17, 15) is 13.2 Å². The van der Waals surface area contributed by atoms with Gasteiger partial charge in [0.2, 0.25) is 0 Å². The van der Waals surface area contributed by atoms with Crippen LogP contribution in [0.5, 0.6) is 0 Å². The summed E-state index contributed by atoms with van der Waals surface area (Å²) >= 11 is 0. The van der Waals surface area contributed by atoms with E-state index in [0.717, 1.165) is 48.3 Å². The maximum absolute atomic E-state index is 12.6. The Hall–Kier alpha value is -2.34. The average molecular weight is 401 g/mol. The lowest BCUT2D eigenvalue weighted by Crippen LogP contribution is -2.44. The van der Waals surface area contributed by atoms with Crippen LogP contribution in [0.3, 0.4) is 0 Å². The number of nitrogens with one attached hydrogen (secondary N) is 1. The normalized spacial score (nSPS) is 15.5. The SMILES string of the molecule is CCS(=O)(=O)c1ccc(N2CCC(NC(=O)c3ccc(C)cc3C)CC2)cc1. The number of sulfone groups is 1. The highest BCUT2D eigenvalue weighted by Gasteiger charge is 2.22. The number of anilines is 1. The molecule has 1 fully saturated rings. The van der Waals surface area contributed by atoms with Gasteiger partial charge in [-0.15, -0.1) is 0 Å². The highest BCUT2D eigenvalue weighted by Crippen LogP contribution is 2.23. The Morgan fingerprint density at radius 2 is 1.71 bits per heavy atom. The van der Waals surface area contributed by atoms with E-state index < -0.39 is 9.84 Å². The topological polar surface area (TPSA) is 66.5 Å². The Morgan fingerprint density at radius 1 is 1.07 bits per heavy atom. The zero-order chi connectivity index (χ0) is 20.3. The fourth-order valence-electron chi connectivity index (χ4n) is 3.64. The summed E-state index contributed by atoms with van der Waals surface area (Å²) in [5, 5.41) is 3.16. The molecule has 2 aromatic rings. The number of aryl methyl sites for hydroxylation is 2. The molecule has 1 aliphatic heterocycles. The molecule has 1 heterocycles. The monoisotopic (exact) mass is 400 g/mol. The Bertz CT molecular complexity index is 944. The van der Waals surface area contributed by atoms with E-state index in [-0.39, 0.29) is 17.7 Å². The van der Waals surface area contributed by atoms with Gasteiger partial charge in [-0.25, -0.2) is 8.42 Å². The Labute approximate surface area is 167 Å². The minimum Gasteiger partial charge on any atom is -0.371 e. The third kappa shape index (κ3) is 4.55. The molecule has 0 spiro atoms. The van der Waals surface area contributed by atoms with Gasteiger partial charge in [0.15, 0.2) is 9.84 Å². The second kappa shape index (κ2) is 8.35. The molecule has 0 bridgehead atoms. The minimum absolute atomic E-state index is 0.00919. The summed E-state index contributed by atoms with van der Waals surface area (Å²) in [6, 6.07) is 13.1. The van der Waals surface area contributed by atoms with Crippen LogP contribution < -0.4 is 10.2 Å². The van der Waals surface area contributed by atoms with E-state index in [1.54, 1.807) is 19.1 Å². The maximum Gasteiger partial charge on any atom is 0.251 e. The molecule has 5 nitrogen and oxygen atoms in total. The molecule has 0 radical (unpaired) electrons. The van der Waals surface area contributed by atoms with Crippen molar-refractivity contribution in [3.63, 3.8) is 0 Å². The zero-order valence-electron chi connectivity index (χ0n) is 16.7. The molecule has 1 saturated heterocycles. The maximum atomic E-state index is 12.6. The van der Waals surface area contributed by atoms with Crippen molar-refractivity contribution in [2.45, 2.75) is 44.6 Å². The first kappa shape index (κ1) is 20.4. The summed E-state index contributed by atoms with van der Waals surface area (Å²) in [5.41, 5.74) is 3.91. The number of carbonyl (C=O) groups excluding carboxylic acids is 1. The largest absolute Gasteiger partial charge is 0.371 e. The molecule has 2 aromatic carbocycles. The molecular formula is C22H28N2O3S. The molecule has 28 heavy (non-hydrogen) atoms. The first-order valence-corrected chi connectivity index (χ1v) is 11.4. The predicted molar refractivity (Wildman–Crippen MR) is 113 cm³/mol. The number of hydrogen-bond acceptors (Lipinski definition) is 4. The van der Waals surface area contributed by atoms with Crippen molar-refractivity contribution in [2.75, 3.05) is 23.7 Å². The van der Waals surface area contributed by atoms with Crippen molar-refractivity contribution in [1.29, 1.82) is 0 Å². The highest BCUT2D eigenvalue weighted by atomic mass is 32.2.